The van der Waals surface area contributed by atoms with E-state index in [-0.39, 0.29) is 24.7 Å². The molecule has 0 amide bonds. The van der Waals surface area contributed by atoms with Gasteiger partial charge in [0.25, 0.3) is 0 Å². The molecule has 26 heteroatoms. The third-order valence-corrected chi connectivity index (χ3v) is 6.54. The molecule has 0 fully saturated rings. The summed E-state index contributed by atoms with van der Waals surface area (Å²) in [5.74, 6) is -2.22. The number of fused-ring (bicyclic) bond motifs is 1. The molecule has 286 valence electrons. The molecule has 5 heterocycles. The van der Waals surface area contributed by atoms with Crippen LogP contribution in [0.2, 0.25) is 0 Å². The standard InChI is InChI=1S/C9H9BrN2O5.C8H6BrNO2.C5H3BrN2O3.C5H4N2O3.I3/c1-2-16-8(13)5-17-6-3-4-7(10)11-9(6)12(14)15;9-8-2-1-7-6(10-8)3-5(11)4-12-7;6-4-2-1-3(9)5(7-4)8(10)11;8-4-2-1-3-6-5(4)7(9)10;1-3-2/h3-4H,2,5H2,1H3;1-2H,3-4H2;1-2,9H;1-3,8H;/q;;;;-1. The number of aromatic nitrogens is 4. The van der Waals surface area contributed by atoms with Gasteiger partial charge >= 0.3 is 73.9 Å². The van der Waals surface area contributed by atoms with Crippen molar-refractivity contribution in [3.8, 4) is 23.0 Å². The molecule has 0 atom stereocenters. The monoisotopic (exact) mass is 1270 g/mol. The Labute approximate surface area is 353 Å². The maximum absolute atomic E-state index is 11.0. The van der Waals surface area contributed by atoms with Gasteiger partial charge in [0.2, 0.25) is 26.5 Å². The molecule has 1 aliphatic rings. The Kier molecular flexibility index (Phi) is 23.2. The van der Waals surface area contributed by atoms with Gasteiger partial charge in [0.15, 0.2) is 12.4 Å². The number of ether oxygens (including phenoxy) is 3. The van der Waals surface area contributed by atoms with E-state index in [9.17, 15) is 39.9 Å². The molecule has 0 radical (unpaired) electrons. The first-order chi connectivity index (χ1) is 25.0. The average molecular weight is 1270 g/mol. The molecule has 0 saturated carbocycles. The van der Waals surface area contributed by atoms with Crippen LogP contribution in [0.5, 0.6) is 23.0 Å². The largest absolute Gasteiger partial charge is 0.501 e. The second-order valence-electron chi connectivity index (χ2n) is 8.78. The third kappa shape index (κ3) is 18.6. The molecule has 0 aliphatic carbocycles. The van der Waals surface area contributed by atoms with Crippen LogP contribution in [0, 0.1) is 30.3 Å². The summed E-state index contributed by atoms with van der Waals surface area (Å²) in [5.41, 5.74) is 0.723. The fourth-order valence-electron chi connectivity index (χ4n) is 3.19. The molecule has 0 saturated heterocycles. The number of nitro groups is 3. The van der Waals surface area contributed by atoms with E-state index < -0.39 is 56.3 Å². The number of esters is 1. The molecule has 0 spiro atoms. The summed E-state index contributed by atoms with van der Waals surface area (Å²) >= 11 is 14.5. The number of pyridine rings is 4. The number of Topliss-reactive ketones (excluding diaryl/α,β-unsaturated/α-hetero) is 1. The van der Waals surface area contributed by atoms with Crippen LogP contribution in [-0.4, -0.2) is 76.5 Å². The van der Waals surface area contributed by atoms with Gasteiger partial charge in [-0.25, -0.2) is 9.78 Å². The molecular formula is C27H22Br3I3N7O13-. The minimum absolute atomic E-state index is 0.0769. The quantitative estimate of drug-likeness (QED) is 0.0870. The number of hydrogen-bond acceptors (Lipinski definition) is 17. The van der Waals surface area contributed by atoms with E-state index in [1.807, 2.05) is 6.07 Å². The van der Waals surface area contributed by atoms with Crippen molar-refractivity contribution in [2.24, 2.45) is 0 Å². The summed E-state index contributed by atoms with van der Waals surface area (Å²) in [6.45, 7) is 1.67. The molecule has 5 rings (SSSR count). The molecule has 0 unspecified atom stereocenters. The van der Waals surface area contributed by atoms with Gasteiger partial charge in [0.05, 0.1) is 18.7 Å². The van der Waals surface area contributed by atoms with E-state index >= 15 is 0 Å². The summed E-state index contributed by atoms with van der Waals surface area (Å²) in [6.07, 6.45) is 1.63. The first kappa shape index (κ1) is 47.8. The van der Waals surface area contributed by atoms with E-state index in [2.05, 4.69) is 110 Å². The smallest absolute Gasteiger partial charge is 0.407 e. The predicted molar refractivity (Wildman–Crippen MR) is 208 cm³/mol. The van der Waals surface area contributed by atoms with Crippen molar-refractivity contribution in [2.75, 3.05) is 19.8 Å². The van der Waals surface area contributed by atoms with Crippen molar-refractivity contribution in [3.05, 3.63) is 105 Å². The van der Waals surface area contributed by atoms with Gasteiger partial charge in [-0.2, -0.15) is 0 Å². The van der Waals surface area contributed by atoms with Crippen LogP contribution in [0.15, 0.2) is 68.5 Å². The first-order valence-corrected chi connectivity index (χ1v) is 28.5. The molecule has 2 N–H and O–H groups in total. The van der Waals surface area contributed by atoms with E-state index in [0.29, 0.717) is 28.9 Å². The molecule has 4 aromatic rings. The van der Waals surface area contributed by atoms with Gasteiger partial charge in [-0.15, -0.1) is 0 Å². The molecule has 0 bridgehead atoms. The van der Waals surface area contributed by atoms with Crippen LogP contribution < -0.4 is 22.7 Å². The Morgan fingerprint density at radius 2 is 1.40 bits per heavy atom. The van der Waals surface area contributed by atoms with Crippen LogP contribution in [0.25, 0.3) is 0 Å². The van der Waals surface area contributed by atoms with E-state index in [1.54, 1.807) is 13.0 Å². The second kappa shape index (κ2) is 25.7. The number of rotatable bonds is 7. The van der Waals surface area contributed by atoms with E-state index in [1.165, 1.54) is 42.6 Å². The average Bonchev–Trinajstić information content (AvgIpc) is 3.10. The summed E-state index contributed by atoms with van der Waals surface area (Å²) < 4.78 is 16.1. The molecule has 53 heavy (non-hydrogen) atoms. The molecule has 0 aromatic carbocycles. The van der Waals surface area contributed by atoms with Gasteiger partial charge in [0.1, 0.15) is 23.2 Å². The Balaban J connectivity index is 0.000000351. The Bertz CT molecular complexity index is 1900. The number of halogens is 6. The minimum Gasteiger partial charge on any atom is -0.501 e. The summed E-state index contributed by atoms with van der Waals surface area (Å²) in [4.78, 5) is 65.1. The normalized spacial score (nSPS) is 10.7. The summed E-state index contributed by atoms with van der Waals surface area (Å²) in [5, 5.41) is 48.5. The van der Waals surface area contributed by atoms with E-state index in [4.69, 9.17) is 19.7 Å². The Morgan fingerprint density at radius 1 is 0.868 bits per heavy atom. The summed E-state index contributed by atoms with van der Waals surface area (Å²) in [6, 6.07) is 11.7. The molecular weight excluding hydrogens is 1250 g/mol. The maximum atomic E-state index is 11.0. The zero-order chi connectivity index (χ0) is 40.1. The van der Waals surface area contributed by atoms with Crippen molar-refractivity contribution < 1.29 is 62.0 Å². The van der Waals surface area contributed by atoms with Crippen molar-refractivity contribution in [2.45, 2.75) is 13.3 Å². The van der Waals surface area contributed by atoms with Crippen LogP contribution in [0.3, 0.4) is 0 Å². The van der Waals surface area contributed by atoms with Crippen molar-refractivity contribution >= 4 is 114 Å². The number of nitrogens with zero attached hydrogens (tertiary/aromatic N) is 7. The second-order valence-corrected chi connectivity index (χ2v) is 27.5. The van der Waals surface area contributed by atoms with E-state index in [0.717, 1.165) is 16.0 Å². The fourth-order valence-corrected chi connectivity index (χ4v) is 4.14. The SMILES string of the molecule is CCOC(=O)COc1ccc(Br)nc1[N+](=O)[O-].I[I-]I.O=C1COc2ccc(Br)nc2C1.O=[N+]([O-])c1nc(Br)ccc1O.O=[N+]([O-])c1ncccc1O. The van der Waals surface area contributed by atoms with Gasteiger partial charge in [-0.1, -0.05) is 0 Å². The number of ketones is 1. The van der Waals surface area contributed by atoms with Crippen molar-refractivity contribution in [1.82, 2.24) is 19.9 Å². The van der Waals surface area contributed by atoms with Gasteiger partial charge in [-0.05, 0) is 89.0 Å². The topological polar surface area (TPSA) is 283 Å². The Hall–Kier alpha value is -3.23. The number of carbonyl (C=O) groups is 2. The van der Waals surface area contributed by atoms with Crippen molar-refractivity contribution in [1.29, 1.82) is 0 Å². The number of aromatic hydroxyl groups is 2. The molecule has 1 aliphatic heterocycles. The van der Waals surface area contributed by atoms with Crippen LogP contribution >= 0.6 is 85.0 Å². The van der Waals surface area contributed by atoms with Gasteiger partial charge < -0.3 is 54.8 Å². The van der Waals surface area contributed by atoms with Gasteiger partial charge in [-0.3, -0.25) is 4.79 Å². The summed E-state index contributed by atoms with van der Waals surface area (Å²) in [7, 11) is 0. The maximum Gasteiger partial charge on any atom is 0.407 e. The fraction of sp³-hybridized carbons (Fsp3) is 0.185. The van der Waals surface area contributed by atoms with Crippen LogP contribution in [-0.2, 0) is 20.7 Å². The third-order valence-electron chi connectivity index (χ3n) is 5.21. The number of carbonyl (C=O) groups excluding carboxylic acids is 2. The van der Waals surface area contributed by atoms with Crippen LogP contribution in [0.4, 0.5) is 17.5 Å². The Morgan fingerprint density at radius 3 is 1.92 bits per heavy atom. The molecule has 20 nitrogen and oxygen atoms in total. The van der Waals surface area contributed by atoms with Crippen molar-refractivity contribution in [3.63, 3.8) is 0 Å². The molecule has 4 aromatic heterocycles. The predicted octanol–water partition coefficient (Wildman–Crippen LogP) is 3.97. The number of hydrogen-bond donors (Lipinski definition) is 2. The zero-order valence-electron chi connectivity index (χ0n) is 26.3. The zero-order valence-corrected chi connectivity index (χ0v) is 37.5. The van der Waals surface area contributed by atoms with Crippen LogP contribution in [0.1, 0.15) is 12.6 Å². The minimum atomic E-state index is -0.750. The first-order valence-electron chi connectivity index (χ1n) is 13.6. The van der Waals surface area contributed by atoms with Gasteiger partial charge in [0, 0.05) is 44.0 Å².